The first-order valence-electron chi connectivity index (χ1n) is 8.19. The summed E-state index contributed by atoms with van der Waals surface area (Å²) in [4.78, 5) is 8.88. The molecule has 1 aromatic carbocycles. The monoisotopic (exact) mass is 364 g/mol. The lowest BCUT2D eigenvalue weighted by Crippen LogP contribution is -2.41. The molecule has 0 radical (unpaired) electrons. The molecule has 2 unspecified atom stereocenters. The van der Waals surface area contributed by atoms with Crippen LogP contribution in [0.5, 0.6) is 0 Å². The van der Waals surface area contributed by atoms with Crippen LogP contribution in [0.4, 0.5) is 5.82 Å². The zero-order chi connectivity index (χ0) is 17.5. The van der Waals surface area contributed by atoms with Gasteiger partial charge in [0.25, 0.3) is 0 Å². The maximum absolute atomic E-state index is 10.8. The molecule has 7 heteroatoms. The molecule has 6 nitrogen and oxygen atoms in total. The average molecular weight is 365 g/mol. The first kappa shape index (κ1) is 19.4. The zero-order valence-electron chi connectivity index (χ0n) is 14.9. The van der Waals surface area contributed by atoms with Gasteiger partial charge < -0.3 is 20.1 Å². The molecular formula is C18H25ClN4O2. The van der Waals surface area contributed by atoms with E-state index >= 15 is 0 Å². The third-order valence-corrected chi connectivity index (χ3v) is 4.33. The van der Waals surface area contributed by atoms with Gasteiger partial charge in [-0.15, -0.1) is 12.4 Å². The second-order valence-corrected chi connectivity index (χ2v) is 6.62. The minimum Gasteiger partial charge on any atom is -0.388 e. The highest BCUT2D eigenvalue weighted by molar-refractivity contribution is 6.06. The van der Waals surface area contributed by atoms with Crippen LogP contribution in [0.2, 0.25) is 0 Å². The number of benzene rings is 1. The van der Waals surface area contributed by atoms with Gasteiger partial charge in [0.15, 0.2) is 5.82 Å². The Bertz CT molecular complexity index is 873. The largest absolute Gasteiger partial charge is 0.388 e. The number of halogens is 1. The van der Waals surface area contributed by atoms with Gasteiger partial charge in [-0.2, -0.15) is 0 Å². The second kappa shape index (κ2) is 7.15. The summed E-state index contributed by atoms with van der Waals surface area (Å²) in [6.07, 6.45) is 1.52. The van der Waals surface area contributed by atoms with Crippen molar-refractivity contribution in [3.63, 3.8) is 0 Å². The topological polar surface area (TPSA) is 86.2 Å². The molecule has 0 fully saturated rings. The van der Waals surface area contributed by atoms with Crippen LogP contribution in [-0.4, -0.2) is 38.0 Å². The minimum absolute atomic E-state index is 0. The summed E-state index contributed by atoms with van der Waals surface area (Å²) in [5.74, 6) is 0.390. The summed E-state index contributed by atoms with van der Waals surface area (Å²) in [6.45, 7) is 8.05. The van der Waals surface area contributed by atoms with Crippen LogP contribution in [0.25, 0.3) is 21.9 Å². The Kier molecular flexibility index (Phi) is 5.56. The number of ether oxygens (including phenoxy) is 1. The van der Waals surface area contributed by atoms with Gasteiger partial charge in [-0.3, -0.25) is 0 Å². The molecule has 0 spiro atoms. The third-order valence-electron chi connectivity index (χ3n) is 4.33. The van der Waals surface area contributed by atoms with E-state index in [0.717, 1.165) is 16.4 Å². The summed E-state index contributed by atoms with van der Waals surface area (Å²) in [5.41, 5.74) is 7.43. The molecule has 3 rings (SSSR count). The van der Waals surface area contributed by atoms with E-state index in [1.807, 2.05) is 42.7 Å². The number of nitrogens with zero attached hydrogens (tertiary/aromatic N) is 3. The van der Waals surface area contributed by atoms with E-state index in [1.165, 1.54) is 0 Å². The predicted octanol–water partition coefficient (Wildman–Crippen LogP) is 3.33. The number of anilines is 1. The maximum Gasteiger partial charge on any atom is 0.152 e. The van der Waals surface area contributed by atoms with Crippen molar-refractivity contribution in [3.8, 4) is 0 Å². The first-order chi connectivity index (χ1) is 11.3. The van der Waals surface area contributed by atoms with Gasteiger partial charge in [-0.1, -0.05) is 18.2 Å². The molecule has 0 saturated carbocycles. The van der Waals surface area contributed by atoms with E-state index in [0.29, 0.717) is 17.9 Å². The molecule has 3 aromatic rings. The van der Waals surface area contributed by atoms with Gasteiger partial charge in [0.05, 0.1) is 35.1 Å². The van der Waals surface area contributed by atoms with E-state index in [4.69, 9.17) is 10.5 Å². The minimum atomic E-state index is -0.999. The number of nitrogens with two attached hydrogens (primary N) is 1. The molecule has 25 heavy (non-hydrogen) atoms. The Morgan fingerprint density at radius 2 is 2.00 bits per heavy atom. The molecule has 0 saturated heterocycles. The fraction of sp³-hybridized carbons (Fsp3) is 0.444. The number of aromatic nitrogens is 3. The van der Waals surface area contributed by atoms with Crippen molar-refractivity contribution in [2.75, 3.05) is 12.3 Å². The Labute approximate surface area is 153 Å². The molecular weight excluding hydrogens is 340 g/mol. The van der Waals surface area contributed by atoms with Crippen molar-refractivity contribution in [2.24, 2.45) is 0 Å². The highest BCUT2D eigenvalue weighted by Gasteiger charge is 2.35. The molecule has 2 atom stereocenters. The van der Waals surface area contributed by atoms with Crippen LogP contribution in [0, 0.1) is 0 Å². The van der Waals surface area contributed by atoms with E-state index < -0.39 is 5.60 Å². The second-order valence-electron chi connectivity index (χ2n) is 6.62. The number of hydrogen-bond donors (Lipinski definition) is 2. The SMILES string of the molecule is CCOC(C)C(n1cnc2c(N)nc3ccccc3c21)C(C)(C)O.Cl. The standard InChI is InChI=1S/C18H24N4O2.ClH/c1-5-24-11(2)16(18(3,4)23)22-10-20-14-15(22)12-8-6-7-9-13(12)21-17(14)19;/h6-11,16,23H,5H2,1-4H3,(H2,19,21);1H. The number of rotatable bonds is 5. The molecule has 0 bridgehead atoms. The highest BCUT2D eigenvalue weighted by Crippen LogP contribution is 2.35. The van der Waals surface area contributed by atoms with Crippen LogP contribution in [0.1, 0.15) is 33.7 Å². The molecule has 2 aromatic heterocycles. The van der Waals surface area contributed by atoms with Crippen LogP contribution < -0.4 is 5.73 Å². The number of hydrogen-bond acceptors (Lipinski definition) is 5. The van der Waals surface area contributed by atoms with Gasteiger partial charge in [0, 0.05) is 12.0 Å². The fourth-order valence-corrected chi connectivity index (χ4v) is 3.48. The Balaban J connectivity index is 0.00000225. The smallest absolute Gasteiger partial charge is 0.152 e. The molecule has 136 valence electrons. The van der Waals surface area contributed by atoms with Crippen LogP contribution in [-0.2, 0) is 4.74 Å². The quantitative estimate of drug-likeness (QED) is 0.725. The summed E-state index contributed by atoms with van der Waals surface area (Å²) >= 11 is 0. The Morgan fingerprint density at radius 3 is 2.64 bits per heavy atom. The van der Waals surface area contributed by atoms with Crippen LogP contribution in [0.3, 0.4) is 0 Å². The van der Waals surface area contributed by atoms with E-state index in [9.17, 15) is 5.11 Å². The molecule has 2 heterocycles. The number of fused-ring (bicyclic) bond motifs is 3. The Hall–Kier alpha value is -1.89. The van der Waals surface area contributed by atoms with Gasteiger partial charge in [-0.05, 0) is 33.8 Å². The molecule has 0 amide bonds. The number of aliphatic hydroxyl groups is 1. The predicted molar refractivity (Wildman–Crippen MR) is 103 cm³/mol. The molecule has 3 N–H and O–H groups in total. The lowest BCUT2D eigenvalue weighted by Gasteiger charge is -2.35. The summed E-state index contributed by atoms with van der Waals surface area (Å²) in [5, 5.41) is 11.7. The zero-order valence-corrected chi connectivity index (χ0v) is 15.7. The fourth-order valence-electron chi connectivity index (χ4n) is 3.48. The number of pyridine rings is 1. The van der Waals surface area contributed by atoms with Crippen molar-refractivity contribution in [1.82, 2.24) is 14.5 Å². The lowest BCUT2D eigenvalue weighted by atomic mass is 9.93. The van der Waals surface area contributed by atoms with Crippen molar-refractivity contribution < 1.29 is 9.84 Å². The van der Waals surface area contributed by atoms with Gasteiger partial charge in [0.2, 0.25) is 0 Å². The maximum atomic E-state index is 10.8. The van der Waals surface area contributed by atoms with Gasteiger partial charge >= 0.3 is 0 Å². The van der Waals surface area contributed by atoms with Crippen molar-refractivity contribution >= 4 is 40.2 Å². The Morgan fingerprint density at radius 1 is 1.32 bits per heavy atom. The summed E-state index contributed by atoms with van der Waals surface area (Å²) in [7, 11) is 0. The number of para-hydroxylation sites is 1. The van der Waals surface area contributed by atoms with Crippen LogP contribution in [0.15, 0.2) is 30.6 Å². The first-order valence-corrected chi connectivity index (χ1v) is 8.19. The van der Waals surface area contributed by atoms with Crippen LogP contribution >= 0.6 is 12.4 Å². The highest BCUT2D eigenvalue weighted by atomic mass is 35.5. The van der Waals surface area contributed by atoms with E-state index in [-0.39, 0.29) is 24.6 Å². The average Bonchev–Trinajstić information content (AvgIpc) is 2.92. The third kappa shape index (κ3) is 3.42. The number of nitrogen functional groups attached to an aromatic ring is 1. The van der Waals surface area contributed by atoms with Crippen molar-refractivity contribution in [3.05, 3.63) is 30.6 Å². The molecule has 0 aliphatic rings. The van der Waals surface area contributed by atoms with E-state index in [2.05, 4.69) is 9.97 Å². The summed E-state index contributed by atoms with van der Waals surface area (Å²) < 4.78 is 7.76. The normalized spacial score (nSPS) is 14.4. The van der Waals surface area contributed by atoms with Crippen molar-refractivity contribution in [1.29, 1.82) is 0 Å². The van der Waals surface area contributed by atoms with Gasteiger partial charge in [-0.25, -0.2) is 9.97 Å². The van der Waals surface area contributed by atoms with Crippen molar-refractivity contribution in [2.45, 2.75) is 45.4 Å². The number of imidazole rings is 1. The van der Waals surface area contributed by atoms with E-state index in [1.54, 1.807) is 20.2 Å². The summed E-state index contributed by atoms with van der Waals surface area (Å²) in [6, 6.07) is 7.50. The van der Waals surface area contributed by atoms with Gasteiger partial charge in [0.1, 0.15) is 5.52 Å². The lowest BCUT2D eigenvalue weighted by molar-refractivity contribution is -0.0573. The molecule has 0 aliphatic carbocycles. The molecule has 0 aliphatic heterocycles.